The number of hydrogen-bond acceptors (Lipinski definition) is 3. The van der Waals surface area contributed by atoms with Gasteiger partial charge in [-0.05, 0) is 17.7 Å². The smallest absolute Gasteiger partial charge is 0.127 e. The van der Waals surface area contributed by atoms with E-state index in [0.717, 1.165) is 35.6 Å². The van der Waals surface area contributed by atoms with E-state index in [1.807, 2.05) is 12.1 Å². The van der Waals surface area contributed by atoms with Crippen molar-refractivity contribution in [1.29, 1.82) is 0 Å². The van der Waals surface area contributed by atoms with Gasteiger partial charge in [-0.25, -0.2) is 0 Å². The Balaban J connectivity index is 2.00. The number of rotatable bonds is 4. The quantitative estimate of drug-likeness (QED) is 0.719. The Morgan fingerprint density at radius 1 is 1.28 bits per heavy atom. The van der Waals surface area contributed by atoms with Crippen molar-refractivity contribution in [3.63, 3.8) is 0 Å². The van der Waals surface area contributed by atoms with E-state index in [9.17, 15) is 0 Å². The van der Waals surface area contributed by atoms with Crippen LogP contribution in [-0.2, 0) is 4.74 Å². The second-order valence-corrected chi connectivity index (χ2v) is 6.94. The number of anilines is 2. The van der Waals surface area contributed by atoms with Crippen LogP contribution in [-0.4, -0.2) is 31.1 Å². The van der Waals surface area contributed by atoms with Crippen LogP contribution in [0.2, 0.25) is 10.0 Å². The number of allylic oxidation sites excluding steroid dienone is 2. The molecule has 2 N–H and O–H groups in total. The summed E-state index contributed by atoms with van der Waals surface area (Å²) in [7, 11) is 0. The second kappa shape index (κ2) is 7.65. The molecule has 0 atom stereocenters. The molecule has 0 unspecified atom stereocenters. The van der Waals surface area contributed by atoms with Gasteiger partial charge in [0.25, 0.3) is 0 Å². The summed E-state index contributed by atoms with van der Waals surface area (Å²) in [6, 6.07) is 3.61. The maximum absolute atomic E-state index is 6.37. The number of amidine groups is 1. The number of nitrogens with zero attached hydrogens (tertiary/aromatic N) is 1. The molecular weight excluding hydrogens is 357 g/mol. The van der Waals surface area contributed by atoms with Crippen LogP contribution in [0.25, 0.3) is 0 Å². The van der Waals surface area contributed by atoms with Crippen LogP contribution in [0.4, 0.5) is 11.4 Å². The minimum atomic E-state index is -0.306. The Hall–Kier alpha value is -1.75. The first-order chi connectivity index (χ1) is 12.1. The standard InChI is InChI=1S/C19H21Cl2N3O/c1-3-5-13(4-2)12-22-18-19(6-8-25-9-7-19)24-16-11-14(20)10-15(21)17(16)23-18/h3-5,10-11,24H,1-2,6-9,12H2,(H,22,23)/b13-5+. The molecule has 2 aliphatic heterocycles. The van der Waals surface area contributed by atoms with Crippen molar-refractivity contribution in [3.8, 4) is 0 Å². The Bertz CT molecular complexity index is 749. The zero-order valence-corrected chi connectivity index (χ0v) is 15.5. The van der Waals surface area contributed by atoms with Gasteiger partial charge in [0, 0.05) is 31.1 Å². The molecule has 6 heteroatoms. The third-order valence-corrected chi connectivity index (χ3v) is 5.00. The van der Waals surface area contributed by atoms with Crippen LogP contribution in [0.3, 0.4) is 0 Å². The van der Waals surface area contributed by atoms with Crippen molar-refractivity contribution in [2.75, 3.05) is 30.4 Å². The van der Waals surface area contributed by atoms with E-state index in [2.05, 4.69) is 23.8 Å². The monoisotopic (exact) mass is 377 g/mol. The maximum atomic E-state index is 6.37. The van der Waals surface area contributed by atoms with Crippen LogP contribution < -0.4 is 10.6 Å². The highest BCUT2D eigenvalue weighted by atomic mass is 35.5. The van der Waals surface area contributed by atoms with E-state index in [1.54, 1.807) is 18.2 Å². The number of fused-ring (bicyclic) bond motifs is 1. The summed E-state index contributed by atoms with van der Waals surface area (Å²) in [6.07, 6.45) is 7.07. The summed E-state index contributed by atoms with van der Waals surface area (Å²) in [4.78, 5) is 4.82. The van der Waals surface area contributed by atoms with E-state index in [-0.39, 0.29) is 5.54 Å². The highest BCUT2D eigenvalue weighted by Crippen LogP contribution is 2.42. The summed E-state index contributed by atoms with van der Waals surface area (Å²) in [5.41, 5.74) is 2.39. The number of hydrogen-bond donors (Lipinski definition) is 2. The molecule has 0 bridgehead atoms. The number of benzene rings is 1. The van der Waals surface area contributed by atoms with Crippen LogP contribution in [0.1, 0.15) is 12.8 Å². The van der Waals surface area contributed by atoms with E-state index < -0.39 is 0 Å². The van der Waals surface area contributed by atoms with Crippen LogP contribution in [0, 0.1) is 0 Å². The molecule has 1 saturated heterocycles. The molecule has 0 saturated carbocycles. The van der Waals surface area contributed by atoms with Crippen molar-refractivity contribution in [2.24, 2.45) is 4.99 Å². The molecule has 0 radical (unpaired) electrons. The minimum absolute atomic E-state index is 0.306. The second-order valence-electron chi connectivity index (χ2n) is 6.10. The van der Waals surface area contributed by atoms with Crippen molar-refractivity contribution >= 4 is 40.4 Å². The first-order valence-electron chi connectivity index (χ1n) is 8.19. The predicted octanol–water partition coefficient (Wildman–Crippen LogP) is 5.08. The SMILES string of the molecule is C=C/C=C(\C=C)CN=C1Nc2c(Cl)cc(Cl)cc2NC12CCOCC2. The molecule has 2 heterocycles. The molecule has 4 nitrogen and oxygen atoms in total. The van der Waals surface area contributed by atoms with Crippen molar-refractivity contribution < 1.29 is 4.74 Å². The fraction of sp³-hybridized carbons (Fsp3) is 0.316. The molecule has 1 spiro atoms. The third-order valence-electron chi connectivity index (χ3n) is 4.49. The first-order valence-corrected chi connectivity index (χ1v) is 8.94. The summed E-state index contributed by atoms with van der Waals surface area (Å²) in [6.45, 7) is 9.43. The van der Waals surface area contributed by atoms with Gasteiger partial charge in [0.05, 0.1) is 28.5 Å². The van der Waals surface area contributed by atoms with Gasteiger partial charge in [0.15, 0.2) is 0 Å². The number of ether oxygens (including phenoxy) is 1. The fourth-order valence-electron chi connectivity index (χ4n) is 3.13. The highest BCUT2D eigenvalue weighted by molar-refractivity contribution is 6.38. The summed E-state index contributed by atoms with van der Waals surface area (Å²) >= 11 is 12.5. The molecule has 1 aromatic rings. The van der Waals surface area contributed by atoms with Crippen molar-refractivity contribution in [2.45, 2.75) is 18.4 Å². The normalized spacial score (nSPS) is 20.6. The molecule has 0 aromatic heterocycles. The Morgan fingerprint density at radius 2 is 2.04 bits per heavy atom. The van der Waals surface area contributed by atoms with Gasteiger partial charge in [-0.1, -0.05) is 54.6 Å². The molecule has 1 fully saturated rings. The summed E-state index contributed by atoms with van der Waals surface area (Å²) < 4.78 is 5.55. The van der Waals surface area contributed by atoms with E-state index >= 15 is 0 Å². The number of halogens is 2. The first kappa shape index (κ1) is 18.1. The van der Waals surface area contributed by atoms with Gasteiger partial charge in [-0.15, -0.1) is 0 Å². The minimum Gasteiger partial charge on any atom is -0.381 e. The lowest BCUT2D eigenvalue weighted by molar-refractivity contribution is 0.0778. The van der Waals surface area contributed by atoms with Crippen molar-refractivity contribution in [3.05, 3.63) is 59.1 Å². The molecule has 0 aliphatic carbocycles. The van der Waals surface area contributed by atoms with E-state index in [4.69, 9.17) is 32.9 Å². The number of nitrogens with one attached hydrogen (secondary N) is 2. The average Bonchev–Trinajstić information content (AvgIpc) is 2.59. The molecule has 132 valence electrons. The highest BCUT2D eigenvalue weighted by Gasteiger charge is 2.42. The number of aliphatic imine (C=N–C) groups is 1. The van der Waals surface area contributed by atoms with Gasteiger partial charge >= 0.3 is 0 Å². The zero-order chi connectivity index (χ0) is 17.9. The topological polar surface area (TPSA) is 45.7 Å². The van der Waals surface area contributed by atoms with Crippen LogP contribution in [0.15, 0.2) is 54.1 Å². The summed E-state index contributed by atoms with van der Waals surface area (Å²) in [5, 5.41) is 8.20. The summed E-state index contributed by atoms with van der Waals surface area (Å²) in [5.74, 6) is 0.865. The van der Waals surface area contributed by atoms with E-state index in [1.165, 1.54) is 0 Å². The molecule has 25 heavy (non-hydrogen) atoms. The lowest BCUT2D eigenvalue weighted by atomic mass is 9.86. The largest absolute Gasteiger partial charge is 0.381 e. The van der Waals surface area contributed by atoms with Crippen molar-refractivity contribution in [1.82, 2.24) is 0 Å². The van der Waals surface area contributed by atoms with E-state index in [0.29, 0.717) is 29.8 Å². The fourth-order valence-corrected chi connectivity index (χ4v) is 3.67. The average molecular weight is 378 g/mol. The Kier molecular flexibility index (Phi) is 5.52. The third kappa shape index (κ3) is 3.76. The lowest BCUT2D eigenvalue weighted by Crippen LogP contribution is -2.55. The lowest BCUT2D eigenvalue weighted by Gasteiger charge is -2.44. The molecule has 1 aromatic carbocycles. The van der Waals surface area contributed by atoms with Gasteiger partial charge in [0.2, 0.25) is 0 Å². The van der Waals surface area contributed by atoms with Gasteiger partial charge < -0.3 is 15.4 Å². The predicted molar refractivity (Wildman–Crippen MR) is 107 cm³/mol. The van der Waals surface area contributed by atoms with Gasteiger partial charge in [-0.2, -0.15) is 0 Å². The van der Waals surface area contributed by atoms with Gasteiger partial charge in [-0.3, -0.25) is 4.99 Å². The maximum Gasteiger partial charge on any atom is 0.127 e. The van der Waals surface area contributed by atoms with Gasteiger partial charge in [0.1, 0.15) is 5.84 Å². The Labute approximate surface area is 158 Å². The molecule has 2 aliphatic rings. The Morgan fingerprint density at radius 3 is 2.72 bits per heavy atom. The molecular formula is C19H21Cl2N3O. The van der Waals surface area contributed by atoms with Crippen LogP contribution in [0.5, 0.6) is 0 Å². The molecule has 3 rings (SSSR count). The zero-order valence-electron chi connectivity index (χ0n) is 13.9. The molecule has 0 amide bonds. The van der Waals surface area contributed by atoms with Crippen LogP contribution >= 0.6 is 23.2 Å².